The van der Waals surface area contributed by atoms with Crippen LogP contribution in [0.1, 0.15) is 5.56 Å². The van der Waals surface area contributed by atoms with E-state index in [0.29, 0.717) is 0 Å². The van der Waals surface area contributed by atoms with Crippen molar-refractivity contribution in [2.45, 2.75) is 6.92 Å². The quantitative estimate of drug-likeness (QED) is 0.469. The maximum Gasteiger partial charge on any atom is 0.138 e. The van der Waals surface area contributed by atoms with Crippen LogP contribution in [-0.2, 0) is 0 Å². The zero-order valence-electron chi connectivity index (χ0n) is 14.4. The van der Waals surface area contributed by atoms with Crippen molar-refractivity contribution in [3.8, 4) is 28.1 Å². The number of hydrogen-bond acceptors (Lipinski definition) is 2. The van der Waals surface area contributed by atoms with E-state index in [2.05, 4.69) is 49.4 Å². The van der Waals surface area contributed by atoms with Gasteiger partial charge in [0, 0.05) is 10.9 Å². The highest BCUT2D eigenvalue weighted by molar-refractivity contribution is 5.99. The van der Waals surface area contributed by atoms with Gasteiger partial charge in [0.1, 0.15) is 5.75 Å². The SMILES string of the molecule is COc1c(-c2ccccc2)c(-c2ccccc2)nc2ccc(C)cc12. The first-order valence-corrected chi connectivity index (χ1v) is 8.37. The third-order valence-electron chi connectivity index (χ3n) is 4.41. The van der Waals surface area contributed by atoms with Crippen LogP contribution in [0.25, 0.3) is 33.3 Å². The minimum Gasteiger partial charge on any atom is -0.495 e. The summed E-state index contributed by atoms with van der Waals surface area (Å²) in [7, 11) is 1.73. The van der Waals surface area contributed by atoms with Gasteiger partial charge in [-0.05, 0) is 24.6 Å². The topological polar surface area (TPSA) is 22.1 Å². The molecule has 0 aliphatic heterocycles. The number of hydrogen-bond donors (Lipinski definition) is 0. The molecule has 3 aromatic carbocycles. The van der Waals surface area contributed by atoms with Crippen LogP contribution in [0.3, 0.4) is 0 Å². The molecule has 25 heavy (non-hydrogen) atoms. The molecule has 2 nitrogen and oxygen atoms in total. The van der Waals surface area contributed by atoms with Crippen molar-refractivity contribution < 1.29 is 4.74 Å². The highest BCUT2D eigenvalue weighted by atomic mass is 16.5. The number of pyridine rings is 1. The summed E-state index contributed by atoms with van der Waals surface area (Å²) >= 11 is 0. The summed E-state index contributed by atoms with van der Waals surface area (Å²) in [6.07, 6.45) is 0. The molecular formula is C23H19NO. The summed E-state index contributed by atoms with van der Waals surface area (Å²) in [5, 5.41) is 1.04. The highest BCUT2D eigenvalue weighted by Crippen LogP contribution is 2.42. The number of methoxy groups -OCH3 is 1. The second-order valence-corrected chi connectivity index (χ2v) is 6.12. The molecule has 0 aliphatic carbocycles. The Labute approximate surface area is 147 Å². The number of nitrogens with zero attached hydrogens (tertiary/aromatic N) is 1. The molecule has 0 unspecified atom stereocenters. The van der Waals surface area contributed by atoms with Gasteiger partial charge in [0.25, 0.3) is 0 Å². The lowest BCUT2D eigenvalue weighted by atomic mass is 9.95. The molecule has 4 aromatic rings. The molecule has 122 valence electrons. The van der Waals surface area contributed by atoms with Crippen LogP contribution in [0, 0.1) is 6.92 Å². The van der Waals surface area contributed by atoms with Gasteiger partial charge in [-0.3, -0.25) is 0 Å². The van der Waals surface area contributed by atoms with Crippen molar-refractivity contribution in [2.24, 2.45) is 0 Å². The summed E-state index contributed by atoms with van der Waals surface area (Å²) in [6.45, 7) is 2.09. The first-order valence-electron chi connectivity index (χ1n) is 8.37. The van der Waals surface area contributed by atoms with Crippen LogP contribution in [0.4, 0.5) is 0 Å². The van der Waals surface area contributed by atoms with Gasteiger partial charge < -0.3 is 4.74 Å². The van der Waals surface area contributed by atoms with E-state index < -0.39 is 0 Å². The van der Waals surface area contributed by atoms with Crippen LogP contribution >= 0.6 is 0 Å². The van der Waals surface area contributed by atoms with E-state index in [4.69, 9.17) is 9.72 Å². The molecule has 1 aromatic heterocycles. The minimum absolute atomic E-state index is 0.874. The van der Waals surface area contributed by atoms with E-state index in [1.165, 1.54) is 5.56 Å². The van der Waals surface area contributed by atoms with Crippen LogP contribution in [0.5, 0.6) is 5.75 Å². The maximum absolute atomic E-state index is 5.89. The molecular weight excluding hydrogens is 306 g/mol. The Balaban J connectivity index is 2.14. The van der Waals surface area contributed by atoms with E-state index >= 15 is 0 Å². The van der Waals surface area contributed by atoms with Gasteiger partial charge in [-0.15, -0.1) is 0 Å². The molecule has 0 bridgehead atoms. The van der Waals surface area contributed by atoms with Crippen molar-refractivity contribution in [3.63, 3.8) is 0 Å². The van der Waals surface area contributed by atoms with Crippen LogP contribution in [0.15, 0.2) is 78.9 Å². The summed E-state index contributed by atoms with van der Waals surface area (Å²) in [5.74, 6) is 0.874. The zero-order valence-corrected chi connectivity index (χ0v) is 14.4. The predicted molar refractivity (Wildman–Crippen MR) is 104 cm³/mol. The summed E-state index contributed by atoms with van der Waals surface area (Å²) in [4.78, 5) is 4.99. The van der Waals surface area contributed by atoms with Gasteiger partial charge in [0.05, 0.1) is 23.9 Å². The van der Waals surface area contributed by atoms with E-state index in [1.54, 1.807) is 7.11 Å². The summed E-state index contributed by atoms with van der Waals surface area (Å²) in [6, 6.07) is 26.9. The smallest absolute Gasteiger partial charge is 0.138 e. The second-order valence-electron chi connectivity index (χ2n) is 6.12. The Morgan fingerprint density at radius 2 is 1.40 bits per heavy atom. The first kappa shape index (κ1) is 15.4. The molecule has 0 spiro atoms. The Bertz CT molecular complexity index is 1020. The van der Waals surface area contributed by atoms with Crippen LogP contribution < -0.4 is 4.74 Å². The third-order valence-corrected chi connectivity index (χ3v) is 4.41. The van der Waals surface area contributed by atoms with Crippen molar-refractivity contribution in [3.05, 3.63) is 84.4 Å². The average Bonchev–Trinajstić information content (AvgIpc) is 2.68. The van der Waals surface area contributed by atoms with E-state index in [0.717, 1.165) is 39.0 Å². The summed E-state index contributed by atoms with van der Waals surface area (Å²) < 4.78 is 5.89. The van der Waals surface area contributed by atoms with Gasteiger partial charge in [-0.1, -0.05) is 72.3 Å². The number of aromatic nitrogens is 1. The minimum atomic E-state index is 0.874. The fraction of sp³-hybridized carbons (Fsp3) is 0.0870. The van der Waals surface area contributed by atoms with E-state index in [9.17, 15) is 0 Å². The zero-order chi connectivity index (χ0) is 17.2. The molecule has 0 N–H and O–H groups in total. The lowest BCUT2D eigenvalue weighted by Crippen LogP contribution is -1.97. The Morgan fingerprint density at radius 3 is 2.04 bits per heavy atom. The maximum atomic E-state index is 5.89. The standard InChI is InChI=1S/C23H19NO/c1-16-13-14-20-19(15-16)23(25-2)21(17-9-5-3-6-10-17)22(24-20)18-11-7-4-8-12-18/h3-15H,1-2H3. The number of aryl methyl sites for hydroxylation is 1. The molecule has 4 rings (SSSR count). The van der Waals surface area contributed by atoms with Gasteiger partial charge in [-0.2, -0.15) is 0 Å². The molecule has 0 fully saturated rings. The number of ether oxygens (including phenoxy) is 1. The molecule has 0 saturated heterocycles. The summed E-state index contributed by atoms with van der Waals surface area (Å²) in [5.41, 5.74) is 6.31. The van der Waals surface area contributed by atoms with Crippen LogP contribution in [-0.4, -0.2) is 12.1 Å². The Morgan fingerprint density at radius 1 is 0.760 bits per heavy atom. The Kier molecular flexibility index (Phi) is 3.95. The number of fused-ring (bicyclic) bond motifs is 1. The van der Waals surface area contributed by atoms with Crippen LogP contribution in [0.2, 0.25) is 0 Å². The van der Waals surface area contributed by atoms with Gasteiger partial charge in [-0.25, -0.2) is 4.98 Å². The van der Waals surface area contributed by atoms with Gasteiger partial charge in [0.2, 0.25) is 0 Å². The number of rotatable bonds is 3. The second kappa shape index (κ2) is 6.40. The van der Waals surface area contributed by atoms with Gasteiger partial charge >= 0.3 is 0 Å². The lowest BCUT2D eigenvalue weighted by Gasteiger charge is -2.17. The van der Waals surface area contributed by atoms with Crippen molar-refractivity contribution in [2.75, 3.05) is 7.11 Å². The Hall–Kier alpha value is -3.13. The van der Waals surface area contributed by atoms with Gasteiger partial charge in [0.15, 0.2) is 0 Å². The fourth-order valence-electron chi connectivity index (χ4n) is 3.24. The molecule has 0 saturated carbocycles. The molecule has 0 amide bonds. The molecule has 0 radical (unpaired) electrons. The number of benzene rings is 3. The molecule has 0 atom stereocenters. The van der Waals surface area contributed by atoms with Crippen molar-refractivity contribution in [1.29, 1.82) is 0 Å². The largest absolute Gasteiger partial charge is 0.495 e. The monoisotopic (exact) mass is 325 g/mol. The van der Waals surface area contributed by atoms with Crippen molar-refractivity contribution in [1.82, 2.24) is 4.98 Å². The first-order chi connectivity index (χ1) is 12.3. The van der Waals surface area contributed by atoms with Crippen molar-refractivity contribution >= 4 is 10.9 Å². The average molecular weight is 325 g/mol. The molecule has 0 aliphatic rings. The normalized spacial score (nSPS) is 10.8. The fourth-order valence-corrected chi connectivity index (χ4v) is 3.24. The predicted octanol–water partition coefficient (Wildman–Crippen LogP) is 5.89. The molecule has 1 heterocycles. The van der Waals surface area contributed by atoms with E-state index in [-0.39, 0.29) is 0 Å². The molecule has 2 heteroatoms. The lowest BCUT2D eigenvalue weighted by molar-refractivity contribution is 0.421. The van der Waals surface area contributed by atoms with E-state index in [1.807, 2.05) is 36.4 Å². The highest BCUT2D eigenvalue weighted by Gasteiger charge is 2.18. The third kappa shape index (κ3) is 2.76.